The van der Waals surface area contributed by atoms with E-state index in [1.807, 2.05) is 55.7 Å². The fourth-order valence-electron chi connectivity index (χ4n) is 4.05. The molecule has 7 heteroatoms. The summed E-state index contributed by atoms with van der Waals surface area (Å²) in [5, 5.41) is 8.35. The Morgan fingerprint density at radius 3 is 2.63 bits per heavy atom. The zero-order valence-electron chi connectivity index (χ0n) is 16.2. The van der Waals surface area contributed by atoms with Gasteiger partial charge in [-0.2, -0.15) is 5.10 Å². The highest BCUT2D eigenvalue weighted by atomic mass is 35.5. The van der Waals surface area contributed by atoms with Gasteiger partial charge in [0.05, 0.1) is 18.2 Å². The Morgan fingerprint density at radius 2 is 2.04 bits per heavy atom. The number of aryl methyl sites for hydroxylation is 1. The Hall–Kier alpha value is -1.56. The lowest BCUT2D eigenvalue weighted by atomic mass is 9.88. The molecule has 3 rings (SSSR count). The highest BCUT2D eigenvalue weighted by molar-refractivity contribution is 6.31. The number of aromatic nitrogens is 2. The van der Waals surface area contributed by atoms with Gasteiger partial charge in [0.15, 0.2) is 0 Å². The van der Waals surface area contributed by atoms with Gasteiger partial charge < -0.3 is 10.2 Å². The summed E-state index contributed by atoms with van der Waals surface area (Å²) in [6.07, 6.45) is 3.87. The number of halogens is 2. The fraction of sp³-hybridized carbons (Fsp3) is 0.500. The van der Waals surface area contributed by atoms with E-state index in [-0.39, 0.29) is 42.1 Å². The summed E-state index contributed by atoms with van der Waals surface area (Å²) in [5.41, 5.74) is 2.12. The lowest BCUT2D eigenvalue weighted by molar-refractivity contribution is -0.137. The van der Waals surface area contributed by atoms with Crippen molar-refractivity contribution in [2.24, 2.45) is 18.9 Å². The maximum Gasteiger partial charge on any atom is 0.227 e. The maximum atomic E-state index is 13.4. The lowest BCUT2D eigenvalue weighted by Crippen LogP contribution is -2.40. The molecule has 1 N–H and O–H groups in total. The van der Waals surface area contributed by atoms with Crippen LogP contribution < -0.4 is 5.32 Å². The highest BCUT2D eigenvalue weighted by Crippen LogP contribution is 2.36. The van der Waals surface area contributed by atoms with Crippen LogP contribution in [0.3, 0.4) is 0 Å². The van der Waals surface area contributed by atoms with Gasteiger partial charge in [-0.15, -0.1) is 12.4 Å². The standard InChI is InChI=1S/C20H27ClN4O.ClH/c1-13(2)19(15-7-5-6-8-18(15)21)25(4)20(26)17-11-22-10-16(17)14-9-23-24(3)12-14;/h5-9,12-13,16-17,19,22H,10-11H2,1-4H3;1H/t16-,17+,19?;/m1./s1. The number of hydrogen-bond donors (Lipinski definition) is 1. The first kappa shape index (κ1) is 21.7. The predicted molar refractivity (Wildman–Crippen MR) is 111 cm³/mol. The topological polar surface area (TPSA) is 50.2 Å². The first-order valence-corrected chi connectivity index (χ1v) is 9.48. The van der Waals surface area contributed by atoms with Crippen LogP contribution in [0.1, 0.15) is 36.9 Å². The zero-order valence-corrected chi connectivity index (χ0v) is 17.8. The third-order valence-corrected chi connectivity index (χ3v) is 5.65. The van der Waals surface area contributed by atoms with E-state index in [1.54, 1.807) is 4.68 Å². The number of nitrogens with one attached hydrogen (secondary N) is 1. The number of rotatable bonds is 5. The van der Waals surface area contributed by atoms with Gasteiger partial charge in [0.1, 0.15) is 0 Å². The predicted octanol–water partition coefficient (Wildman–Crippen LogP) is 3.65. The van der Waals surface area contributed by atoms with Crippen molar-refractivity contribution in [2.75, 3.05) is 20.1 Å². The van der Waals surface area contributed by atoms with Gasteiger partial charge in [0.25, 0.3) is 0 Å². The van der Waals surface area contributed by atoms with Crippen LogP contribution in [0.25, 0.3) is 0 Å². The second-order valence-electron chi connectivity index (χ2n) is 7.48. The molecule has 0 saturated carbocycles. The molecule has 1 saturated heterocycles. The normalized spacial score (nSPS) is 20.4. The molecule has 1 aliphatic rings. The van der Waals surface area contributed by atoms with Crippen LogP contribution in [-0.2, 0) is 11.8 Å². The van der Waals surface area contributed by atoms with Crippen LogP contribution in [0.2, 0.25) is 5.02 Å². The monoisotopic (exact) mass is 410 g/mol. The molecule has 2 heterocycles. The molecule has 1 amide bonds. The Balaban J connectivity index is 0.00000261. The van der Waals surface area contributed by atoms with Crippen molar-refractivity contribution >= 4 is 29.9 Å². The summed E-state index contributed by atoms with van der Waals surface area (Å²) < 4.78 is 1.79. The van der Waals surface area contributed by atoms with Crippen LogP contribution in [-0.4, -0.2) is 40.7 Å². The zero-order chi connectivity index (χ0) is 18.8. The van der Waals surface area contributed by atoms with Crippen LogP contribution in [0, 0.1) is 11.8 Å². The Morgan fingerprint density at radius 1 is 1.33 bits per heavy atom. The van der Waals surface area contributed by atoms with Crippen molar-refractivity contribution < 1.29 is 4.79 Å². The molecular weight excluding hydrogens is 383 g/mol. The molecule has 1 fully saturated rings. The Labute approximate surface area is 172 Å². The molecule has 0 aliphatic carbocycles. The van der Waals surface area contributed by atoms with Crippen LogP contribution in [0.5, 0.6) is 0 Å². The minimum absolute atomic E-state index is 0. The number of carbonyl (C=O) groups excluding carboxylic acids is 1. The van der Waals surface area contributed by atoms with E-state index in [0.29, 0.717) is 11.6 Å². The van der Waals surface area contributed by atoms with E-state index >= 15 is 0 Å². The summed E-state index contributed by atoms with van der Waals surface area (Å²) >= 11 is 6.44. The average molecular weight is 411 g/mol. The van der Waals surface area contributed by atoms with Crippen molar-refractivity contribution in [2.45, 2.75) is 25.8 Å². The smallest absolute Gasteiger partial charge is 0.227 e. The van der Waals surface area contributed by atoms with E-state index in [1.165, 1.54) is 0 Å². The Bertz CT molecular complexity index is 777. The molecule has 1 aromatic heterocycles. The molecule has 0 radical (unpaired) electrons. The van der Waals surface area contributed by atoms with Gasteiger partial charge in [0.2, 0.25) is 5.91 Å². The average Bonchev–Trinajstić information content (AvgIpc) is 3.24. The van der Waals surface area contributed by atoms with Crippen LogP contribution >= 0.6 is 24.0 Å². The van der Waals surface area contributed by atoms with E-state index < -0.39 is 0 Å². The maximum absolute atomic E-state index is 13.4. The van der Waals surface area contributed by atoms with Gasteiger partial charge >= 0.3 is 0 Å². The number of carbonyl (C=O) groups is 1. The van der Waals surface area contributed by atoms with Crippen molar-refractivity contribution in [3.8, 4) is 0 Å². The Kier molecular flexibility index (Phi) is 7.32. The number of benzene rings is 1. The molecular formula is C20H28Cl2N4O. The second-order valence-corrected chi connectivity index (χ2v) is 7.89. The largest absolute Gasteiger partial charge is 0.338 e. The molecule has 5 nitrogen and oxygen atoms in total. The number of hydrogen-bond acceptors (Lipinski definition) is 3. The molecule has 1 aromatic carbocycles. The molecule has 0 bridgehead atoms. The molecule has 1 unspecified atom stereocenters. The summed E-state index contributed by atoms with van der Waals surface area (Å²) in [6.45, 7) is 5.75. The first-order valence-electron chi connectivity index (χ1n) is 9.10. The summed E-state index contributed by atoms with van der Waals surface area (Å²) in [7, 11) is 3.80. The minimum atomic E-state index is -0.0899. The van der Waals surface area contributed by atoms with Crippen LogP contribution in [0.4, 0.5) is 0 Å². The SMILES string of the molecule is CC(C)C(c1ccccc1Cl)N(C)C(=O)[C@H]1CNC[C@@H]1c1cnn(C)c1.Cl. The van der Waals surface area contributed by atoms with E-state index in [4.69, 9.17) is 11.6 Å². The third-order valence-electron chi connectivity index (χ3n) is 5.30. The number of nitrogens with zero attached hydrogens (tertiary/aromatic N) is 3. The first-order chi connectivity index (χ1) is 12.4. The molecule has 27 heavy (non-hydrogen) atoms. The molecule has 1 aliphatic heterocycles. The van der Waals surface area contributed by atoms with Gasteiger partial charge in [-0.25, -0.2) is 0 Å². The van der Waals surface area contributed by atoms with Crippen molar-refractivity contribution in [3.63, 3.8) is 0 Å². The van der Waals surface area contributed by atoms with Gasteiger partial charge in [0, 0.05) is 44.3 Å². The van der Waals surface area contributed by atoms with E-state index in [9.17, 15) is 4.79 Å². The summed E-state index contributed by atoms with van der Waals surface area (Å²) in [6, 6.07) is 7.75. The van der Waals surface area contributed by atoms with E-state index in [0.717, 1.165) is 17.7 Å². The quantitative estimate of drug-likeness (QED) is 0.817. The van der Waals surface area contributed by atoms with Crippen molar-refractivity contribution in [3.05, 3.63) is 52.8 Å². The van der Waals surface area contributed by atoms with Gasteiger partial charge in [-0.05, 0) is 23.1 Å². The number of amides is 1. The highest BCUT2D eigenvalue weighted by Gasteiger charge is 2.38. The molecule has 3 atom stereocenters. The molecule has 148 valence electrons. The minimum Gasteiger partial charge on any atom is -0.338 e. The fourth-order valence-corrected chi connectivity index (χ4v) is 4.30. The summed E-state index contributed by atoms with van der Waals surface area (Å²) in [4.78, 5) is 15.3. The van der Waals surface area contributed by atoms with Crippen molar-refractivity contribution in [1.82, 2.24) is 20.0 Å². The lowest BCUT2D eigenvalue weighted by Gasteiger charge is -2.35. The third kappa shape index (κ3) is 4.48. The molecule has 2 aromatic rings. The van der Waals surface area contributed by atoms with Gasteiger partial charge in [-0.3, -0.25) is 9.48 Å². The summed E-state index contributed by atoms with van der Waals surface area (Å²) in [5.74, 6) is 0.475. The van der Waals surface area contributed by atoms with Crippen LogP contribution in [0.15, 0.2) is 36.7 Å². The van der Waals surface area contributed by atoms with E-state index in [2.05, 4.69) is 24.3 Å². The van der Waals surface area contributed by atoms with Crippen molar-refractivity contribution in [1.29, 1.82) is 0 Å². The van der Waals surface area contributed by atoms with Gasteiger partial charge in [-0.1, -0.05) is 43.6 Å². The molecule has 0 spiro atoms. The second kappa shape index (κ2) is 9.09.